The van der Waals surface area contributed by atoms with Crippen molar-refractivity contribution in [2.75, 3.05) is 38.7 Å². The van der Waals surface area contributed by atoms with Crippen LogP contribution in [0.1, 0.15) is 56.0 Å². The molecule has 2 heterocycles. The zero-order chi connectivity index (χ0) is 33.3. The summed E-state index contributed by atoms with van der Waals surface area (Å²) >= 11 is 1.16. The molecule has 10 nitrogen and oxygen atoms in total. The fourth-order valence-corrected chi connectivity index (χ4v) is 7.75. The molecule has 46 heavy (non-hydrogen) atoms. The fourth-order valence-electron chi connectivity index (χ4n) is 5.36. The van der Waals surface area contributed by atoms with Gasteiger partial charge in [-0.3, -0.25) is 9.59 Å². The number of benzene rings is 2. The number of rotatable bonds is 9. The van der Waals surface area contributed by atoms with Gasteiger partial charge in [-0.1, -0.05) is 43.3 Å². The number of anilines is 1. The second kappa shape index (κ2) is 16.5. The number of thiophene rings is 1. The van der Waals surface area contributed by atoms with Gasteiger partial charge in [0.2, 0.25) is 5.91 Å². The molecule has 0 radical (unpaired) electrons. The molecule has 0 unspecified atom stereocenters. The van der Waals surface area contributed by atoms with E-state index in [4.69, 9.17) is 9.47 Å². The summed E-state index contributed by atoms with van der Waals surface area (Å²) in [6.07, 6.45) is 1.76. The molecule has 1 aromatic heterocycles. The standard InChI is InChI=1S/C34H45N3O7S2/c1-24-21-37(25(2)23-38)34(40)29-20-28(35-32(39)19-27-12-6-5-7-13-27)15-16-30(29)44-26(3)11-8-9-17-43-31(24)22-36(4)46(41,42)33-14-10-18-45-33/h5-7,10,12-16,18,20,24-26,31,38H,8-9,11,17,19,21-23H2,1-4H3,(H,35,39)/t24-,25+,26+,31-/m0/s1. The molecule has 0 bridgehead atoms. The van der Waals surface area contributed by atoms with E-state index in [0.717, 1.165) is 36.2 Å². The minimum absolute atomic E-state index is 0.102. The summed E-state index contributed by atoms with van der Waals surface area (Å²) in [5.41, 5.74) is 1.59. The number of sulfonamides is 1. The normalized spacial score (nSPS) is 20.8. The highest BCUT2D eigenvalue weighted by atomic mass is 32.2. The largest absolute Gasteiger partial charge is 0.490 e. The van der Waals surface area contributed by atoms with Crippen LogP contribution in [0.4, 0.5) is 5.69 Å². The first-order valence-electron chi connectivity index (χ1n) is 15.7. The van der Waals surface area contributed by atoms with E-state index in [2.05, 4.69) is 5.32 Å². The molecule has 2 N–H and O–H groups in total. The smallest absolute Gasteiger partial charge is 0.258 e. The zero-order valence-corrected chi connectivity index (χ0v) is 28.6. The van der Waals surface area contributed by atoms with Crippen molar-refractivity contribution in [1.29, 1.82) is 0 Å². The predicted octanol–water partition coefficient (Wildman–Crippen LogP) is 5.05. The first kappa shape index (κ1) is 35.6. The van der Waals surface area contributed by atoms with Crippen molar-refractivity contribution in [1.82, 2.24) is 9.21 Å². The molecule has 1 aliphatic heterocycles. The summed E-state index contributed by atoms with van der Waals surface area (Å²) in [6.45, 7) is 6.07. The molecule has 1 aliphatic rings. The van der Waals surface area contributed by atoms with Gasteiger partial charge in [-0.25, -0.2) is 8.42 Å². The van der Waals surface area contributed by atoms with Crippen LogP contribution in [0.2, 0.25) is 0 Å². The number of amides is 2. The van der Waals surface area contributed by atoms with Crippen molar-refractivity contribution < 1.29 is 32.6 Å². The SMILES string of the molecule is C[C@@H]1CCCCO[C@@H](CN(C)S(=O)(=O)c2cccs2)[C@@H](C)CN([C@H](C)CO)C(=O)c2cc(NC(=O)Cc3ccccc3)ccc2O1. The van der Waals surface area contributed by atoms with Gasteiger partial charge in [-0.15, -0.1) is 11.3 Å². The summed E-state index contributed by atoms with van der Waals surface area (Å²) in [6, 6.07) is 17.2. The van der Waals surface area contributed by atoms with Crippen LogP contribution in [0.25, 0.3) is 0 Å². The Morgan fingerprint density at radius 3 is 2.59 bits per heavy atom. The van der Waals surface area contributed by atoms with Crippen LogP contribution in [0.5, 0.6) is 5.75 Å². The monoisotopic (exact) mass is 671 g/mol. The minimum atomic E-state index is -3.71. The maximum absolute atomic E-state index is 14.3. The number of hydrogen-bond donors (Lipinski definition) is 2. The van der Waals surface area contributed by atoms with Crippen molar-refractivity contribution in [3.63, 3.8) is 0 Å². The van der Waals surface area contributed by atoms with E-state index in [-0.39, 0.29) is 59.7 Å². The Labute approximate surface area is 276 Å². The summed E-state index contributed by atoms with van der Waals surface area (Å²) in [7, 11) is -2.17. The number of aliphatic hydroxyl groups excluding tert-OH is 1. The third-order valence-corrected chi connectivity index (χ3v) is 11.3. The second-order valence-electron chi connectivity index (χ2n) is 11.9. The van der Waals surface area contributed by atoms with E-state index in [9.17, 15) is 23.1 Å². The molecule has 12 heteroatoms. The Bertz CT molecular complexity index is 1530. The molecular formula is C34H45N3O7S2. The average molecular weight is 672 g/mol. The molecule has 2 aromatic carbocycles. The third kappa shape index (κ3) is 9.38. The van der Waals surface area contributed by atoms with Crippen LogP contribution >= 0.6 is 11.3 Å². The number of carbonyl (C=O) groups excluding carboxylic acids is 2. The molecule has 250 valence electrons. The van der Waals surface area contributed by atoms with Gasteiger partial charge in [0.25, 0.3) is 15.9 Å². The van der Waals surface area contributed by atoms with Gasteiger partial charge in [0.15, 0.2) is 0 Å². The Morgan fingerprint density at radius 1 is 1.13 bits per heavy atom. The van der Waals surface area contributed by atoms with Crippen LogP contribution in [0.3, 0.4) is 0 Å². The van der Waals surface area contributed by atoms with Gasteiger partial charge in [0.05, 0.1) is 36.8 Å². The Hall–Kier alpha value is -3.29. The second-order valence-corrected chi connectivity index (χ2v) is 15.2. The number of aliphatic hydroxyl groups is 1. The lowest BCUT2D eigenvalue weighted by molar-refractivity contribution is -0.115. The summed E-state index contributed by atoms with van der Waals surface area (Å²) < 4.78 is 40.6. The van der Waals surface area contributed by atoms with Crippen molar-refractivity contribution >= 4 is 38.9 Å². The summed E-state index contributed by atoms with van der Waals surface area (Å²) in [5.74, 6) is -0.485. The zero-order valence-electron chi connectivity index (χ0n) is 26.9. The maximum atomic E-state index is 14.3. The lowest BCUT2D eigenvalue weighted by Crippen LogP contribution is -2.48. The van der Waals surface area contributed by atoms with Gasteiger partial charge >= 0.3 is 0 Å². The summed E-state index contributed by atoms with van der Waals surface area (Å²) in [4.78, 5) is 28.7. The van der Waals surface area contributed by atoms with Crippen LogP contribution in [-0.4, -0.2) is 86.1 Å². The lowest BCUT2D eigenvalue weighted by Gasteiger charge is -2.35. The highest BCUT2D eigenvalue weighted by molar-refractivity contribution is 7.91. The van der Waals surface area contributed by atoms with E-state index < -0.39 is 22.2 Å². The number of fused-ring (bicyclic) bond motifs is 1. The summed E-state index contributed by atoms with van der Waals surface area (Å²) in [5, 5.41) is 14.8. The van der Waals surface area contributed by atoms with Gasteiger partial charge in [0, 0.05) is 38.3 Å². The number of likely N-dealkylation sites (N-methyl/N-ethyl adjacent to an activating group) is 1. The van der Waals surface area contributed by atoms with E-state index in [1.165, 1.54) is 4.31 Å². The molecule has 2 amide bonds. The fraction of sp³-hybridized carbons (Fsp3) is 0.471. The van der Waals surface area contributed by atoms with Crippen LogP contribution in [-0.2, 0) is 26.0 Å². The molecule has 0 saturated carbocycles. The van der Waals surface area contributed by atoms with Crippen molar-refractivity contribution in [2.45, 2.75) is 68.9 Å². The molecule has 4 atom stereocenters. The molecule has 0 aliphatic carbocycles. The first-order chi connectivity index (χ1) is 22.0. The number of carbonyl (C=O) groups is 2. The van der Waals surface area contributed by atoms with Crippen LogP contribution in [0, 0.1) is 5.92 Å². The van der Waals surface area contributed by atoms with E-state index in [1.54, 1.807) is 54.6 Å². The van der Waals surface area contributed by atoms with Crippen LogP contribution in [0.15, 0.2) is 70.3 Å². The van der Waals surface area contributed by atoms with Gasteiger partial charge in [-0.05, 0) is 68.3 Å². The molecule has 0 spiro atoms. The van der Waals surface area contributed by atoms with E-state index in [1.807, 2.05) is 44.2 Å². The number of hydrogen-bond acceptors (Lipinski definition) is 8. The van der Waals surface area contributed by atoms with Crippen molar-refractivity contribution in [3.8, 4) is 5.75 Å². The highest BCUT2D eigenvalue weighted by Crippen LogP contribution is 2.29. The third-order valence-electron chi connectivity index (χ3n) is 8.14. The lowest BCUT2D eigenvalue weighted by atomic mass is 10.0. The Morgan fingerprint density at radius 2 is 1.89 bits per heavy atom. The van der Waals surface area contributed by atoms with E-state index in [0.29, 0.717) is 18.0 Å². The number of nitrogens with one attached hydrogen (secondary N) is 1. The molecule has 3 aromatic rings. The van der Waals surface area contributed by atoms with E-state index >= 15 is 0 Å². The average Bonchev–Trinajstić information content (AvgIpc) is 3.59. The first-order valence-corrected chi connectivity index (χ1v) is 18.0. The van der Waals surface area contributed by atoms with Crippen LogP contribution < -0.4 is 10.1 Å². The Kier molecular flexibility index (Phi) is 12.8. The van der Waals surface area contributed by atoms with Gasteiger partial charge in [0.1, 0.15) is 9.96 Å². The maximum Gasteiger partial charge on any atom is 0.258 e. The highest BCUT2D eigenvalue weighted by Gasteiger charge is 2.32. The topological polar surface area (TPSA) is 125 Å². The predicted molar refractivity (Wildman–Crippen MR) is 180 cm³/mol. The van der Waals surface area contributed by atoms with Crippen molar-refractivity contribution in [3.05, 3.63) is 77.2 Å². The Balaban J connectivity index is 1.62. The molecule has 4 rings (SSSR count). The van der Waals surface area contributed by atoms with Gasteiger partial charge in [-0.2, -0.15) is 4.31 Å². The van der Waals surface area contributed by atoms with Gasteiger partial charge < -0.3 is 24.8 Å². The molecule has 0 fully saturated rings. The van der Waals surface area contributed by atoms with Crippen molar-refractivity contribution in [2.24, 2.45) is 5.92 Å². The molecular weight excluding hydrogens is 627 g/mol. The minimum Gasteiger partial charge on any atom is -0.490 e. The quantitative estimate of drug-likeness (QED) is 0.326. The molecule has 0 saturated heterocycles. The number of ether oxygens (including phenoxy) is 2. The number of nitrogens with zero attached hydrogens (tertiary/aromatic N) is 2.